The molecule has 2 aliphatic heterocycles. The highest BCUT2D eigenvalue weighted by atomic mass is 16.3. The van der Waals surface area contributed by atoms with Crippen LogP contribution >= 0.6 is 0 Å². The van der Waals surface area contributed by atoms with Crippen LogP contribution < -0.4 is 0 Å². The van der Waals surface area contributed by atoms with Crippen molar-refractivity contribution in [3.8, 4) is 0 Å². The van der Waals surface area contributed by atoms with Crippen molar-refractivity contribution in [1.29, 1.82) is 0 Å². The quantitative estimate of drug-likeness (QED) is 0.726. The maximum absolute atomic E-state index is 12.4. The Morgan fingerprint density at radius 2 is 2.26 bits per heavy atom. The highest BCUT2D eigenvalue weighted by molar-refractivity contribution is 6.00. The summed E-state index contributed by atoms with van der Waals surface area (Å²) in [5.74, 6) is 1.22. The number of rotatable bonds is 0. The standard InChI is InChI=1S/C16H23NO2/c1-11-8-12-9-14(18)13-4-2-6-17-7-3-5-15(12,13)16(17,19)10-11/h4,11-12,19H,2-3,5-10H2,1H3/t11-,12-,15-,16-/m0/s1. The predicted octanol–water partition coefficient (Wildman–Crippen LogP) is 2.11. The van der Waals surface area contributed by atoms with E-state index in [-0.39, 0.29) is 5.41 Å². The topological polar surface area (TPSA) is 40.5 Å². The SMILES string of the molecule is C[C@H]1C[C@H]2CC(=O)C3=CCCN4CCC[C@@]32[C@@]4(O)C1. The Kier molecular flexibility index (Phi) is 2.36. The van der Waals surface area contributed by atoms with Gasteiger partial charge in [-0.1, -0.05) is 13.0 Å². The fourth-order valence-electron chi connectivity index (χ4n) is 5.68. The number of hydrogen-bond acceptors (Lipinski definition) is 3. The van der Waals surface area contributed by atoms with Gasteiger partial charge in [-0.15, -0.1) is 0 Å². The van der Waals surface area contributed by atoms with E-state index in [2.05, 4.69) is 17.9 Å². The molecule has 0 aromatic carbocycles. The molecular weight excluding hydrogens is 238 g/mol. The van der Waals surface area contributed by atoms with Crippen LogP contribution in [-0.4, -0.2) is 34.6 Å². The zero-order chi connectivity index (χ0) is 13.3. The Labute approximate surface area is 114 Å². The van der Waals surface area contributed by atoms with Crippen LogP contribution in [0.25, 0.3) is 0 Å². The van der Waals surface area contributed by atoms with Crippen molar-refractivity contribution in [2.75, 3.05) is 13.1 Å². The molecule has 0 aromatic heterocycles. The average Bonchev–Trinajstić information content (AvgIpc) is 2.59. The normalized spacial score (nSPS) is 52.4. The summed E-state index contributed by atoms with van der Waals surface area (Å²) in [4.78, 5) is 14.7. The number of piperidine rings is 1. The van der Waals surface area contributed by atoms with E-state index in [1.165, 1.54) is 0 Å². The zero-order valence-electron chi connectivity index (χ0n) is 11.7. The number of nitrogens with zero attached hydrogens (tertiary/aromatic N) is 1. The maximum atomic E-state index is 12.4. The Bertz CT molecular complexity index is 471. The second kappa shape index (κ2) is 3.70. The first-order valence-electron chi connectivity index (χ1n) is 7.79. The molecule has 4 aliphatic rings. The summed E-state index contributed by atoms with van der Waals surface area (Å²) in [6, 6.07) is 0. The first-order chi connectivity index (χ1) is 9.08. The molecule has 1 unspecified atom stereocenters. The fourth-order valence-corrected chi connectivity index (χ4v) is 5.68. The molecule has 4 rings (SSSR count). The summed E-state index contributed by atoms with van der Waals surface area (Å²) in [6.07, 6.45) is 7.84. The summed E-state index contributed by atoms with van der Waals surface area (Å²) >= 11 is 0. The number of hydrogen-bond donors (Lipinski definition) is 1. The second-order valence-electron chi connectivity index (χ2n) is 7.15. The van der Waals surface area contributed by atoms with Crippen LogP contribution in [0, 0.1) is 17.3 Å². The molecule has 0 aromatic rings. The van der Waals surface area contributed by atoms with Gasteiger partial charge in [-0.3, -0.25) is 9.69 Å². The van der Waals surface area contributed by atoms with Gasteiger partial charge in [-0.25, -0.2) is 0 Å². The molecule has 3 nitrogen and oxygen atoms in total. The van der Waals surface area contributed by atoms with Crippen molar-refractivity contribution in [3.63, 3.8) is 0 Å². The van der Waals surface area contributed by atoms with Gasteiger partial charge in [0.25, 0.3) is 0 Å². The van der Waals surface area contributed by atoms with Crippen LogP contribution in [0.3, 0.4) is 0 Å². The number of carbonyl (C=O) groups is 1. The monoisotopic (exact) mass is 261 g/mol. The molecule has 104 valence electrons. The highest BCUT2D eigenvalue weighted by Gasteiger charge is 2.68. The van der Waals surface area contributed by atoms with Gasteiger partial charge in [-0.05, 0) is 43.9 Å². The van der Waals surface area contributed by atoms with Crippen molar-refractivity contribution in [2.45, 2.75) is 51.2 Å². The molecule has 1 saturated heterocycles. The third-order valence-corrected chi connectivity index (χ3v) is 6.21. The van der Waals surface area contributed by atoms with Gasteiger partial charge in [0.15, 0.2) is 5.78 Å². The molecule has 2 saturated carbocycles. The van der Waals surface area contributed by atoms with Crippen molar-refractivity contribution >= 4 is 5.78 Å². The van der Waals surface area contributed by atoms with Crippen molar-refractivity contribution in [1.82, 2.24) is 4.90 Å². The smallest absolute Gasteiger partial charge is 0.159 e. The minimum Gasteiger partial charge on any atom is -0.375 e. The van der Waals surface area contributed by atoms with Gasteiger partial charge >= 0.3 is 0 Å². The van der Waals surface area contributed by atoms with Crippen LogP contribution in [0.5, 0.6) is 0 Å². The molecule has 3 heteroatoms. The summed E-state index contributed by atoms with van der Waals surface area (Å²) in [5.41, 5.74) is 0.0158. The molecule has 2 bridgehead atoms. The minimum atomic E-state index is -0.748. The minimum absolute atomic E-state index is 0.231. The van der Waals surface area contributed by atoms with Gasteiger partial charge in [0.2, 0.25) is 0 Å². The molecular formula is C16H23NO2. The van der Waals surface area contributed by atoms with Gasteiger partial charge < -0.3 is 5.11 Å². The number of Topliss-reactive ketones (excluding diaryl/α,β-unsaturated/α-hetero) is 1. The van der Waals surface area contributed by atoms with Crippen LogP contribution in [0.2, 0.25) is 0 Å². The molecule has 0 amide bonds. The number of aliphatic hydroxyl groups is 1. The van der Waals surface area contributed by atoms with E-state index in [1.807, 2.05) is 0 Å². The molecule has 1 N–H and O–H groups in total. The largest absolute Gasteiger partial charge is 0.375 e. The Morgan fingerprint density at radius 1 is 1.42 bits per heavy atom. The second-order valence-corrected chi connectivity index (χ2v) is 7.15. The first kappa shape index (κ1) is 12.1. The zero-order valence-corrected chi connectivity index (χ0v) is 11.7. The third-order valence-electron chi connectivity index (χ3n) is 6.21. The summed E-state index contributed by atoms with van der Waals surface area (Å²) in [7, 11) is 0. The lowest BCUT2D eigenvalue weighted by Gasteiger charge is -2.60. The van der Waals surface area contributed by atoms with Gasteiger partial charge in [0, 0.05) is 30.5 Å². The van der Waals surface area contributed by atoms with Crippen LogP contribution in [0.1, 0.15) is 45.4 Å². The molecule has 0 radical (unpaired) electrons. The average molecular weight is 261 g/mol. The van der Waals surface area contributed by atoms with E-state index in [9.17, 15) is 9.90 Å². The van der Waals surface area contributed by atoms with Crippen LogP contribution in [-0.2, 0) is 4.79 Å². The van der Waals surface area contributed by atoms with E-state index in [0.717, 1.165) is 50.8 Å². The highest BCUT2D eigenvalue weighted by Crippen LogP contribution is 2.65. The van der Waals surface area contributed by atoms with Gasteiger partial charge in [-0.2, -0.15) is 0 Å². The van der Waals surface area contributed by atoms with Crippen molar-refractivity contribution < 1.29 is 9.90 Å². The lowest BCUT2D eigenvalue weighted by molar-refractivity contribution is -0.242. The summed E-state index contributed by atoms with van der Waals surface area (Å²) in [5, 5.41) is 11.5. The van der Waals surface area contributed by atoms with E-state index in [4.69, 9.17) is 0 Å². The van der Waals surface area contributed by atoms with E-state index in [1.54, 1.807) is 0 Å². The Morgan fingerprint density at radius 3 is 3.11 bits per heavy atom. The molecule has 2 heterocycles. The first-order valence-corrected chi connectivity index (χ1v) is 7.79. The van der Waals surface area contributed by atoms with Crippen LogP contribution in [0.15, 0.2) is 11.6 Å². The van der Waals surface area contributed by atoms with E-state index >= 15 is 0 Å². The molecule has 1 spiro atoms. The molecule has 2 aliphatic carbocycles. The van der Waals surface area contributed by atoms with E-state index < -0.39 is 5.72 Å². The van der Waals surface area contributed by atoms with Crippen molar-refractivity contribution in [3.05, 3.63) is 11.6 Å². The molecule has 19 heavy (non-hydrogen) atoms. The lowest BCUT2D eigenvalue weighted by atomic mass is 9.55. The van der Waals surface area contributed by atoms with Crippen molar-refractivity contribution in [2.24, 2.45) is 17.3 Å². The Balaban J connectivity index is 1.94. The maximum Gasteiger partial charge on any atom is 0.159 e. The van der Waals surface area contributed by atoms with Gasteiger partial charge in [0.1, 0.15) is 5.72 Å². The van der Waals surface area contributed by atoms with Crippen LogP contribution in [0.4, 0.5) is 0 Å². The molecule has 5 atom stereocenters. The predicted molar refractivity (Wildman–Crippen MR) is 72.4 cm³/mol. The third kappa shape index (κ3) is 1.28. The Hall–Kier alpha value is -0.670. The number of carbonyl (C=O) groups excluding carboxylic acids is 1. The lowest BCUT2D eigenvalue weighted by Crippen LogP contribution is -2.67. The number of ketones is 1. The van der Waals surface area contributed by atoms with E-state index in [0.29, 0.717) is 24.0 Å². The fraction of sp³-hybridized carbons (Fsp3) is 0.812. The molecule has 3 fully saturated rings. The summed E-state index contributed by atoms with van der Waals surface area (Å²) in [6.45, 7) is 4.14. The van der Waals surface area contributed by atoms with Gasteiger partial charge in [0.05, 0.1) is 0 Å². The summed E-state index contributed by atoms with van der Waals surface area (Å²) < 4.78 is 0.